The first-order valence-corrected chi connectivity index (χ1v) is 7.06. The fourth-order valence-corrected chi connectivity index (χ4v) is 3.30. The van der Waals surface area contributed by atoms with Crippen LogP contribution in [0.3, 0.4) is 0 Å². The molecule has 2 saturated heterocycles. The Kier molecular flexibility index (Phi) is 3.15. The molecule has 7 heteroatoms. The molecular weight excluding hydrogens is 320 g/mol. The monoisotopic (exact) mass is 330 g/mol. The number of hydrogen-bond acceptors (Lipinski definition) is 4. The van der Waals surface area contributed by atoms with Gasteiger partial charge >= 0.3 is 0 Å². The van der Waals surface area contributed by atoms with Crippen molar-refractivity contribution in [3.05, 3.63) is 16.0 Å². The van der Waals surface area contributed by atoms with Gasteiger partial charge in [0.15, 0.2) is 0 Å². The van der Waals surface area contributed by atoms with Crippen LogP contribution < -0.4 is 10.2 Å². The molecule has 2 fully saturated rings. The molecule has 2 aliphatic heterocycles. The summed E-state index contributed by atoms with van der Waals surface area (Å²) in [6, 6.07) is 0.175. The van der Waals surface area contributed by atoms with E-state index in [4.69, 9.17) is 11.6 Å². The molecule has 0 bridgehead atoms. The molecule has 5 nitrogen and oxygen atoms in total. The van der Waals surface area contributed by atoms with Crippen molar-refractivity contribution in [3.63, 3.8) is 0 Å². The standard InChI is InChI=1S/C11H12BrClN4O/c12-7-4-15-11(13)16-9(7)17-3-1-2-6-8(17)5-14-10(6)18/h4,6,8H,1-3,5H2,(H,14,18). The van der Waals surface area contributed by atoms with Crippen molar-refractivity contribution < 1.29 is 4.79 Å². The van der Waals surface area contributed by atoms with Crippen LogP contribution in [0.1, 0.15) is 12.8 Å². The van der Waals surface area contributed by atoms with Gasteiger partial charge in [-0.1, -0.05) is 0 Å². The topological polar surface area (TPSA) is 58.1 Å². The molecule has 0 aliphatic carbocycles. The number of carbonyl (C=O) groups excluding carboxylic acids is 1. The quantitative estimate of drug-likeness (QED) is 0.794. The van der Waals surface area contributed by atoms with Crippen LogP contribution in [-0.2, 0) is 4.79 Å². The molecule has 2 aliphatic rings. The molecule has 0 radical (unpaired) electrons. The lowest BCUT2D eigenvalue weighted by atomic mass is 9.91. The highest BCUT2D eigenvalue weighted by atomic mass is 79.9. The van der Waals surface area contributed by atoms with Gasteiger partial charge < -0.3 is 10.2 Å². The predicted octanol–water partition coefficient (Wildman–Crippen LogP) is 1.61. The molecule has 96 valence electrons. The Morgan fingerprint density at radius 1 is 1.56 bits per heavy atom. The lowest BCUT2D eigenvalue weighted by Crippen LogP contribution is -2.46. The number of nitrogens with zero attached hydrogens (tertiary/aromatic N) is 3. The number of piperidine rings is 1. The van der Waals surface area contributed by atoms with Crippen molar-refractivity contribution in [1.82, 2.24) is 15.3 Å². The highest BCUT2D eigenvalue weighted by molar-refractivity contribution is 9.10. The summed E-state index contributed by atoms with van der Waals surface area (Å²) in [5.74, 6) is 1.00. The van der Waals surface area contributed by atoms with Crippen LogP contribution in [0.5, 0.6) is 0 Å². The Morgan fingerprint density at radius 2 is 2.39 bits per heavy atom. The van der Waals surface area contributed by atoms with Gasteiger partial charge in [-0.3, -0.25) is 4.79 Å². The van der Waals surface area contributed by atoms with E-state index >= 15 is 0 Å². The summed E-state index contributed by atoms with van der Waals surface area (Å²) >= 11 is 9.30. The zero-order valence-corrected chi connectivity index (χ0v) is 11.9. The smallest absolute Gasteiger partial charge is 0.225 e. The average Bonchev–Trinajstić information content (AvgIpc) is 2.75. The van der Waals surface area contributed by atoms with E-state index in [2.05, 4.69) is 36.1 Å². The molecule has 2 unspecified atom stereocenters. The lowest BCUT2D eigenvalue weighted by molar-refractivity contribution is -0.122. The SMILES string of the molecule is O=C1NCC2C1CCCN2c1nc(Cl)ncc1Br. The number of amides is 1. The van der Waals surface area contributed by atoms with Crippen molar-refractivity contribution in [2.24, 2.45) is 5.92 Å². The van der Waals surface area contributed by atoms with Gasteiger partial charge in [0, 0.05) is 19.3 Å². The average molecular weight is 332 g/mol. The van der Waals surface area contributed by atoms with Crippen LogP contribution in [0.25, 0.3) is 0 Å². The van der Waals surface area contributed by atoms with Crippen LogP contribution in [-0.4, -0.2) is 35.0 Å². The number of anilines is 1. The highest BCUT2D eigenvalue weighted by Crippen LogP contribution is 2.34. The van der Waals surface area contributed by atoms with Gasteiger partial charge in [0.25, 0.3) is 0 Å². The predicted molar refractivity (Wildman–Crippen MR) is 71.6 cm³/mol. The minimum Gasteiger partial charge on any atom is -0.354 e. The van der Waals surface area contributed by atoms with E-state index < -0.39 is 0 Å². The third-order valence-corrected chi connectivity index (χ3v) is 4.31. The zero-order chi connectivity index (χ0) is 12.7. The molecule has 1 aromatic heterocycles. The summed E-state index contributed by atoms with van der Waals surface area (Å²) in [7, 11) is 0. The number of hydrogen-bond donors (Lipinski definition) is 1. The Balaban J connectivity index is 1.95. The summed E-state index contributed by atoms with van der Waals surface area (Å²) in [5.41, 5.74) is 0. The van der Waals surface area contributed by atoms with Gasteiger partial charge in [0.1, 0.15) is 5.82 Å². The van der Waals surface area contributed by atoms with Gasteiger partial charge in [0.2, 0.25) is 11.2 Å². The summed E-state index contributed by atoms with van der Waals surface area (Å²) in [5, 5.41) is 3.15. The number of nitrogens with one attached hydrogen (secondary N) is 1. The maximum atomic E-state index is 11.7. The van der Waals surface area contributed by atoms with E-state index in [0.717, 1.165) is 29.7 Å². The largest absolute Gasteiger partial charge is 0.354 e. The fourth-order valence-electron chi connectivity index (χ4n) is 2.75. The van der Waals surface area contributed by atoms with E-state index in [0.29, 0.717) is 6.54 Å². The third kappa shape index (κ3) is 1.97. The van der Waals surface area contributed by atoms with Gasteiger partial charge in [0.05, 0.1) is 16.4 Å². The fraction of sp³-hybridized carbons (Fsp3) is 0.545. The number of carbonyl (C=O) groups is 1. The summed E-state index contributed by atoms with van der Waals surface area (Å²) < 4.78 is 0.812. The van der Waals surface area contributed by atoms with E-state index in [1.54, 1.807) is 6.20 Å². The van der Waals surface area contributed by atoms with Crippen LogP contribution >= 0.6 is 27.5 Å². The number of aromatic nitrogens is 2. The van der Waals surface area contributed by atoms with Crippen LogP contribution in [0.15, 0.2) is 10.7 Å². The summed E-state index contributed by atoms with van der Waals surface area (Å²) in [4.78, 5) is 22.1. The van der Waals surface area contributed by atoms with E-state index in [1.165, 1.54) is 0 Å². The normalized spacial score (nSPS) is 27.0. The molecule has 0 spiro atoms. The maximum absolute atomic E-state index is 11.7. The molecule has 18 heavy (non-hydrogen) atoms. The molecule has 1 N–H and O–H groups in total. The second kappa shape index (κ2) is 4.66. The first kappa shape index (κ1) is 12.2. The van der Waals surface area contributed by atoms with Gasteiger partial charge in [-0.05, 0) is 40.4 Å². The molecule has 0 saturated carbocycles. The third-order valence-electron chi connectivity index (χ3n) is 3.57. The van der Waals surface area contributed by atoms with Crippen molar-refractivity contribution in [1.29, 1.82) is 0 Å². The molecule has 3 heterocycles. The molecular formula is C11H12BrClN4O. The second-order valence-electron chi connectivity index (χ2n) is 4.57. The van der Waals surface area contributed by atoms with Crippen LogP contribution in [0.4, 0.5) is 5.82 Å². The first-order valence-electron chi connectivity index (χ1n) is 5.89. The number of rotatable bonds is 1. The van der Waals surface area contributed by atoms with E-state index in [1.807, 2.05) is 0 Å². The van der Waals surface area contributed by atoms with Crippen molar-refractivity contribution in [2.45, 2.75) is 18.9 Å². The zero-order valence-electron chi connectivity index (χ0n) is 9.57. The summed E-state index contributed by atoms with van der Waals surface area (Å²) in [6.45, 7) is 1.57. The maximum Gasteiger partial charge on any atom is 0.225 e. The molecule has 1 amide bonds. The molecule has 0 aromatic carbocycles. The summed E-state index contributed by atoms with van der Waals surface area (Å²) in [6.07, 6.45) is 3.59. The van der Waals surface area contributed by atoms with Crippen LogP contribution in [0.2, 0.25) is 5.28 Å². The second-order valence-corrected chi connectivity index (χ2v) is 5.76. The highest BCUT2D eigenvalue weighted by Gasteiger charge is 2.41. The lowest BCUT2D eigenvalue weighted by Gasteiger charge is -2.37. The molecule has 3 rings (SSSR count). The Labute approximate surface area is 118 Å². The molecule has 2 atom stereocenters. The van der Waals surface area contributed by atoms with E-state index in [9.17, 15) is 4.79 Å². The Hall–Kier alpha value is -0.880. The number of fused-ring (bicyclic) bond motifs is 1. The van der Waals surface area contributed by atoms with Gasteiger partial charge in [-0.25, -0.2) is 4.98 Å². The molecule has 1 aromatic rings. The first-order chi connectivity index (χ1) is 8.66. The Morgan fingerprint density at radius 3 is 3.22 bits per heavy atom. The van der Waals surface area contributed by atoms with Gasteiger partial charge in [-0.15, -0.1) is 0 Å². The minimum absolute atomic E-state index is 0.0689. The van der Waals surface area contributed by atoms with E-state index in [-0.39, 0.29) is 23.2 Å². The minimum atomic E-state index is 0.0689. The van der Waals surface area contributed by atoms with Crippen LogP contribution in [0, 0.1) is 5.92 Å². The number of halogens is 2. The Bertz CT molecular complexity index is 498. The van der Waals surface area contributed by atoms with Crippen molar-refractivity contribution in [2.75, 3.05) is 18.0 Å². The van der Waals surface area contributed by atoms with Crippen molar-refractivity contribution in [3.8, 4) is 0 Å². The van der Waals surface area contributed by atoms with Crippen molar-refractivity contribution >= 4 is 39.3 Å². The van der Waals surface area contributed by atoms with Gasteiger partial charge in [-0.2, -0.15) is 4.98 Å².